The van der Waals surface area contributed by atoms with Gasteiger partial charge in [0.25, 0.3) is 0 Å². The Morgan fingerprint density at radius 2 is 2.13 bits per heavy atom. The zero-order valence-corrected chi connectivity index (χ0v) is 18.3. The molecule has 1 spiro atoms. The third-order valence-electron chi connectivity index (χ3n) is 6.58. The van der Waals surface area contributed by atoms with Crippen molar-refractivity contribution in [2.45, 2.75) is 57.8 Å². The third kappa shape index (κ3) is 3.62. The van der Waals surface area contributed by atoms with Crippen LogP contribution in [0.4, 0.5) is 5.69 Å². The molecular formula is C24H32N2O4. The van der Waals surface area contributed by atoms with Gasteiger partial charge in [-0.2, -0.15) is 0 Å². The Morgan fingerprint density at radius 1 is 1.33 bits per heavy atom. The van der Waals surface area contributed by atoms with Gasteiger partial charge in [-0.25, -0.2) is 0 Å². The minimum Gasteiger partial charge on any atom is -0.497 e. The Kier molecular flexibility index (Phi) is 5.62. The number of ether oxygens (including phenoxy) is 2. The summed E-state index contributed by atoms with van der Waals surface area (Å²) in [6.07, 6.45) is 6.78. The van der Waals surface area contributed by atoms with Gasteiger partial charge in [-0.1, -0.05) is 44.9 Å². The van der Waals surface area contributed by atoms with Crippen LogP contribution < -0.4 is 15.0 Å². The molecule has 1 aromatic carbocycles. The van der Waals surface area contributed by atoms with Crippen LogP contribution in [0.5, 0.6) is 5.75 Å². The van der Waals surface area contributed by atoms with Crippen LogP contribution in [0, 0.1) is 17.8 Å². The van der Waals surface area contributed by atoms with Crippen molar-refractivity contribution in [1.82, 2.24) is 5.32 Å². The number of benzene rings is 1. The summed E-state index contributed by atoms with van der Waals surface area (Å²) in [5.74, 6) is 0.264. The fourth-order valence-electron chi connectivity index (χ4n) is 5.04. The highest BCUT2D eigenvalue weighted by molar-refractivity contribution is 6.03. The Balaban J connectivity index is 1.48. The first kappa shape index (κ1) is 20.9. The van der Waals surface area contributed by atoms with Gasteiger partial charge in [0.05, 0.1) is 31.6 Å². The maximum Gasteiger partial charge on any atom is 0.234 e. The predicted molar refractivity (Wildman–Crippen MR) is 115 cm³/mol. The van der Waals surface area contributed by atoms with Crippen LogP contribution in [-0.2, 0) is 14.3 Å². The number of methoxy groups -OCH3 is 1. The number of nitrogens with one attached hydrogen (secondary N) is 1. The lowest BCUT2D eigenvalue weighted by atomic mass is 9.76. The SMILES string of the molecule is COc1cccc(N2CC34C=CC(O3)C(C(=O)NC(C)CCCC(C)C)C4C2=O)c1. The molecule has 162 valence electrons. The van der Waals surface area contributed by atoms with Crippen LogP contribution in [0.1, 0.15) is 40.0 Å². The van der Waals surface area contributed by atoms with E-state index in [2.05, 4.69) is 19.2 Å². The summed E-state index contributed by atoms with van der Waals surface area (Å²) in [4.78, 5) is 28.3. The smallest absolute Gasteiger partial charge is 0.234 e. The van der Waals surface area contributed by atoms with E-state index >= 15 is 0 Å². The molecule has 2 amide bonds. The van der Waals surface area contributed by atoms with Gasteiger partial charge in [0.1, 0.15) is 11.4 Å². The predicted octanol–water partition coefficient (Wildman–Crippen LogP) is 3.31. The maximum absolute atomic E-state index is 13.4. The lowest BCUT2D eigenvalue weighted by Crippen LogP contribution is -2.46. The molecule has 3 heterocycles. The standard InChI is InChI=1S/C24H32N2O4/c1-15(2)7-5-8-16(3)25-22(27)20-19-11-12-24(30-19)14-26(23(28)21(20)24)17-9-6-10-18(13-17)29-4/h6,9-13,15-16,19-21H,5,7-8,14H2,1-4H3,(H,25,27). The fraction of sp³-hybridized carbons (Fsp3) is 0.583. The molecule has 6 nitrogen and oxygen atoms in total. The van der Waals surface area contributed by atoms with Crippen molar-refractivity contribution in [1.29, 1.82) is 0 Å². The van der Waals surface area contributed by atoms with Crippen molar-refractivity contribution in [2.24, 2.45) is 17.8 Å². The summed E-state index contributed by atoms with van der Waals surface area (Å²) in [6.45, 7) is 6.88. The van der Waals surface area contributed by atoms with E-state index in [0.717, 1.165) is 24.9 Å². The molecule has 0 aliphatic carbocycles. The van der Waals surface area contributed by atoms with Gasteiger partial charge in [0, 0.05) is 17.8 Å². The average molecular weight is 413 g/mol. The second-order valence-electron chi connectivity index (χ2n) is 9.26. The maximum atomic E-state index is 13.4. The highest BCUT2D eigenvalue weighted by Crippen LogP contribution is 2.52. The fourth-order valence-corrected chi connectivity index (χ4v) is 5.04. The van der Waals surface area contributed by atoms with E-state index in [4.69, 9.17) is 9.47 Å². The number of fused-ring (bicyclic) bond motifs is 1. The van der Waals surface area contributed by atoms with Crippen LogP contribution in [0.2, 0.25) is 0 Å². The second kappa shape index (κ2) is 8.06. The summed E-state index contributed by atoms with van der Waals surface area (Å²) in [5, 5.41) is 3.14. The number of nitrogens with zero attached hydrogens (tertiary/aromatic N) is 1. The summed E-state index contributed by atoms with van der Waals surface area (Å²) in [5.41, 5.74) is 0.0538. The molecule has 3 aliphatic heterocycles. The molecule has 4 rings (SSSR count). The van der Waals surface area contributed by atoms with E-state index in [0.29, 0.717) is 18.2 Å². The summed E-state index contributed by atoms with van der Waals surface area (Å²) in [6, 6.07) is 7.53. The van der Waals surface area contributed by atoms with Crippen molar-refractivity contribution in [3.63, 3.8) is 0 Å². The van der Waals surface area contributed by atoms with E-state index in [1.807, 2.05) is 43.3 Å². The Labute approximate surface area is 178 Å². The molecule has 3 aliphatic rings. The lowest BCUT2D eigenvalue weighted by molar-refractivity contribution is -0.132. The van der Waals surface area contributed by atoms with Crippen LogP contribution in [0.3, 0.4) is 0 Å². The number of anilines is 1. The summed E-state index contributed by atoms with van der Waals surface area (Å²) >= 11 is 0. The number of hydrogen-bond acceptors (Lipinski definition) is 4. The topological polar surface area (TPSA) is 67.9 Å². The van der Waals surface area contributed by atoms with Gasteiger partial charge in [0.15, 0.2) is 0 Å². The van der Waals surface area contributed by atoms with Gasteiger partial charge in [-0.05, 0) is 31.4 Å². The normalized spacial score (nSPS) is 30.1. The first-order chi connectivity index (χ1) is 14.3. The minimum atomic E-state index is -0.715. The van der Waals surface area contributed by atoms with Crippen molar-refractivity contribution in [3.05, 3.63) is 36.4 Å². The van der Waals surface area contributed by atoms with Gasteiger partial charge >= 0.3 is 0 Å². The molecule has 5 atom stereocenters. The van der Waals surface area contributed by atoms with Gasteiger partial charge in [-0.3, -0.25) is 9.59 Å². The molecule has 6 heteroatoms. The van der Waals surface area contributed by atoms with E-state index < -0.39 is 17.4 Å². The summed E-state index contributed by atoms with van der Waals surface area (Å²) < 4.78 is 11.5. The van der Waals surface area contributed by atoms with Gasteiger partial charge < -0.3 is 19.7 Å². The van der Waals surface area contributed by atoms with E-state index in [-0.39, 0.29) is 24.0 Å². The molecule has 2 fully saturated rings. The molecule has 2 bridgehead atoms. The van der Waals surface area contributed by atoms with Crippen molar-refractivity contribution >= 4 is 17.5 Å². The summed E-state index contributed by atoms with van der Waals surface area (Å²) in [7, 11) is 1.61. The first-order valence-electron chi connectivity index (χ1n) is 11.0. The van der Waals surface area contributed by atoms with E-state index in [1.54, 1.807) is 12.0 Å². The molecule has 0 saturated carbocycles. The Bertz CT molecular complexity index is 851. The number of hydrogen-bond donors (Lipinski definition) is 1. The molecule has 0 radical (unpaired) electrons. The van der Waals surface area contributed by atoms with E-state index in [1.165, 1.54) is 0 Å². The average Bonchev–Trinajstić information content (AvgIpc) is 3.36. The van der Waals surface area contributed by atoms with Gasteiger partial charge in [0.2, 0.25) is 11.8 Å². The quantitative estimate of drug-likeness (QED) is 0.665. The first-order valence-corrected chi connectivity index (χ1v) is 11.0. The number of amides is 2. The van der Waals surface area contributed by atoms with Crippen molar-refractivity contribution < 1.29 is 19.1 Å². The Hall–Kier alpha value is -2.34. The molecule has 30 heavy (non-hydrogen) atoms. The molecule has 1 N–H and O–H groups in total. The highest BCUT2D eigenvalue weighted by Gasteiger charge is 2.67. The van der Waals surface area contributed by atoms with Crippen molar-refractivity contribution in [2.75, 3.05) is 18.6 Å². The molecule has 5 unspecified atom stereocenters. The highest BCUT2D eigenvalue weighted by atomic mass is 16.5. The minimum absolute atomic E-state index is 0.0530. The van der Waals surface area contributed by atoms with Gasteiger partial charge in [-0.15, -0.1) is 0 Å². The monoisotopic (exact) mass is 412 g/mol. The van der Waals surface area contributed by atoms with E-state index in [9.17, 15) is 9.59 Å². The largest absolute Gasteiger partial charge is 0.497 e. The number of carbonyl (C=O) groups excluding carboxylic acids is 2. The second-order valence-corrected chi connectivity index (χ2v) is 9.26. The zero-order valence-electron chi connectivity index (χ0n) is 18.3. The zero-order chi connectivity index (χ0) is 21.5. The van der Waals surface area contributed by atoms with Crippen LogP contribution in [-0.4, -0.2) is 43.2 Å². The lowest BCUT2D eigenvalue weighted by Gasteiger charge is -2.25. The number of carbonyl (C=O) groups is 2. The van der Waals surface area contributed by atoms with Crippen molar-refractivity contribution in [3.8, 4) is 5.75 Å². The number of rotatable bonds is 8. The molecule has 2 saturated heterocycles. The Morgan fingerprint density at radius 3 is 2.87 bits per heavy atom. The molecular weight excluding hydrogens is 380 g/mol. The molecule has 0 aromatic heterocycles. The van der Waals surface area contributed by atoms with Crippen LogP contribution in [0.25, 0.3) is 0 Å². The van der Waals surface area contributed by atoms with Crippen LogP contribution >= 0.6 is 0 Å². The van der Waals surface area contributed by atoms with Crippen LogP contribution in [0.15, 0.2) is 36.4 Å². The molecule has 1 aromatic rings. The third-order valence-corrected chi connectivity index (χ3v) is 6.58.